The maximum atomic E-state index is 2.41. The summed E-state index contributed by atoms with van der Waals surface area (Å²) in [4.78, 5) is 0. The molecule has 0 amide bonds. The fourth-order valence-corrected chi connectivity index (χ4v) is 6.39. The van der Waals surface area contributed by atoms with Gasteiger partial charge in [-0.15, -0.1) is 0 Å². The Morgan fingerprint density at radius 1 is 0.366 bits per heavy atom. The normalized spacial score (nSPS) is 11.6. The van der Waals surface area contributed by atoms with Crippen molar-refractivity contribution in [3.63, 3.8) is 0 Å². The quantitative estimate of drug-likeness (QED) is 0.0572. The van der Waals surface area contributed by atoms with E-state index in [9.17, 15) is 0 Å². The molecule has 0 aromatic carbocycles. The second-order valence-corrected chi connectivity index (χ2v) is 13.5. The number of unbranched alkanes of at least 4 members (excludes halogenated alkanes) is 30. The molecule has 0 bridgehead atoms. The highest BCUT2D eigenvalue weighted by Gasteiger charge is 2.04. The van der Waals surface area contributed by atoms with Crippen LogP contribution in [-0.2, 0) is 13.1 Å². The maximum Gasteiger partial charge on any atom is 0.243 e. The number of aryl methyl sites for hydroxylation is 2. The Bertz CT molecular complexity index is 606. The highest BCUT2D eigenvalue weighted by molar-refractivity contribution is 4.66. The van der Waals surface area contributed by atoms with Crippen molar-refractivity contribution >= 4 is 0 Å². The lowest BCUT2D eigenvalue weighted by Crippen LogP contribution is -2.30. The van der Waals surface area contributed by atoms with E-state index in [4.69, 9.17) is 0 Å². The average molecular weight is 574 g/mol. The average Bonchev–Trinajstić information content (AvgIpc) is 3.44. The molecule has 0 aliphatic heterocycles. The molecule has 0 fully saturated rings. The van der Waals surface area contributed by atoms with Crippen LogP contribution in [0.25, 0.3) is 0 Å². The molecule has 0 spiro atoms. The first kappa shape index (κ1) is 38.2. The highest BCUT2D eigenvalue weighted by Crippen LogP contribution is 2.15. The van der Waals surface area contributed by atoms with Crippen molar-refractivity contribution in [2.75, 3.05) is 0 Å². The summed E-state index contributed by atoms with van der Waals surface area (Å²) in [6.45, 7) is 7.01. The summed E-state index contributed by atoms with van der Waals surface area (Å²) in [5, 5.41) is 0. The molecule has 1 heterocycles. The second-order valence-electron chi connectivity index (χ2n) is 13.5. The number of hydrogen-bond donors (Lipinski definition) is 0. The highest BCUT2D eigenvalue weighted by atomic mass is 15.1. The first-order chi connectivity index (χ1) is 20.4. The Hall–Kier alpha value is -0.790. The fraction of sp³-hybridized carbons (Fsp3) is 0.923. The molecule has 0 N–H and O–H groups in total. The van der Waals surface area contributed by atoms with Gasteiger partial charge in [-0.05, 0) is 25.7 Å². The molecule has 2 heteroatoms. The molecule has 0 saturated heterocycles. The summed E-state index contributed by atoms with van der Waals surface area (Å²) in [5.74, 6) is 0. The van der Waals surface area contributed by atoms with E-state index < -0.39 is 0 Å². The van der Waals surface area contributed by atoms with Gasteiger partial charge in [0.25, 0.3) is 0 Å². The molecule has 0 unspecified atom stereocenters. The Kier molecular flexibility index (Phi) is 30.0. The summed E-state index contributed by atoms with van der Waals surface area (Å²) >= 11 is 0. The zero-order valence-corrected chi connectivity index (χ0v) is 28.7. The Morgan fingerprint density at radius 2 is 0.659 bits per heavy atom. The summed E-state index contributed by atoms with van der Waals surface area (Å²) in [5.41, 5.74) is 0. The van der Waals surface area contributed by atoms with Gasteiger partial charge in [0, 0.05) is 0 Å². The van der Waals surface area contributed by atoms with Crippen LogP contribution >= 0.6 is 0 Å². The monoisotopic (exact) mass is 574 g/mol. The van der Waals surface area contributed by atoms with Crippen LogP contribution < -0.4 is 4.57 Å². The molecular formula is C39H77N2+. The van der Waals surface area contributed by atoms with Gasteiger partial charge in [0.2, 0.25) is 6.33 Å². The van der Waals surface area contributed by atoms with Gasteiger partial charge < -0.3 is 0 Å². The number of rotatable bonds is 34. The van der Waals surface area contributed by atoms with Crippen molar-refractivity contribution in [2.45, 2.75) is 232 Å². The smallest absolute Gasteiger partial charge is 0.237 e. The minimum absolute atomic E-state index is 1.20. The predicted molar refractivity (Wildman–Crippen MR) is 184 cm³/mol. The van der Waals surface area contributed by atoms with E-state index in [1.807, 2.05) is 0 Å². The minimum atomic E-state index is 1.20. The third-order valence-electron chi connectivity index (χ3n) is 9.29. The third-order valence-corrected chi connectivity index (χ3v) is 9.29. The molecule has 1 aromatic rings. The number of imidazole rings is 1. The van der Waals surface area contributed by atoms with Gasteiger partial charge in [-0.25, -0.2) is 9.13 Å². The SMILES string of the molecule is CCCCCCCCCCCCCCCCCCC[n+]1ccn(CCCCCCCCCCCCCCCCC)c1. The molecule has 0 aliphatic rings. The topological polar surface area (TPSA) is 8.81 Å². The zero-order chi connectivity index (χ0) is 29.3. The van der Waals surface area contributed by atoms with Gasteiger partial charge in [0.15, 0.2) is 0 Å². The first-order valence-corrected chi connectivity index (χ1v) is 19.4. The first-order valence-electron chi connectivity index (χ1n) is 19.4. The zero-order valence-electron chi connectivity index (χ0n) is 28.7. The van der Waals surface area contributed by atoms with E-state index in [1.54, 1.807) is 0 Å². The second kappa shape index (κ2) is 32.1. The van der Waals surface area contributed by atoms with E-state index in [-0.39, 0.29) is 0 Å². The Morgan fingerprint density at radius 3 is 1.00 bits per heavy atom. The molecule has 41 heavy (non-hydrogen) atoms. The standard InChI is InChI=1S/C39H77N2/c1-3-5-7-9-11-13-15-17-19-20-22-24-26-28-30-32-34-36-41-38-37-40(39-41)35-33-31-29-27-25-23-21-18-16-14-12-10-8-6-4-2/h37-39H,3-36H2,1-2H3/q+1. The largest absolute Gasteiger partial charge is 0.243 e. The van der Waals surface area contributed by atoms with Crippen LogP contribution in [-0.4, -0.2) is 4.57 Å². The summed E-state index contributed by atoms with van der Waals surface area (Å²) in [6.07, 6.45) is 53.2. The van der Waals surface area contributed by atoms with Crippen molar-refractivity contribution in [1.82, 2.24) is 4.57 Å². The number of nitrogens with zero attached hydrogens (tertiary/aromatic N) is 2. The van der Waals surface area contributed by atoms with Crippen LogP contribution in [0.1, 0.15) is 219 Å². The van der Waals surface area contributed by atoms with Crippen LogP contribution in [0.3, 0.4) is 0 Å². The Balaban J connectivity index is 1.78. The van der Waals surface area contributed by atoms with Gasteiger partial charge in [-0.2, -0.15) is 0 Å². The molecule has 1 rings (SSSR count). The van der Waals surface area contributed by atoms with E-state index in [0.717, 1.165) is 0 Å². The summed E-state index contributed by atoms with van der Waals surface area (Å²) in [6, 6.07) is 0. The van der Waals surface area contributed by atoms with Gasteiger partial charge in [-0.1, -0.05) is 194 Å². The molecule has 0 saturated carbocycles. The molecule has 0 radical (unpaired) electrons. The van der Waals surface area contributed by atoms with Crippen molar-refractivity contribution in [3.8, 4) is 0 Å². The van der Waals surface area contributed by atoms with Crippen LogP contribution in [0.5, 0.6) is 0 Å². The lowest BCUT2D eigenvalue weighted by molar-refractivity contribution is -0.696. The fourth-order valence-electron chi connectivity index (χ4n) is 6.39. The number of hydrogen-bond acceptors (Lipinski definition) is 0. The Labute approximate surface area is 259 Å². The van der Waals surface area contributed by atoms with Crippen LogP contribution in [0.2, 0.25) is 0 Å². The summed E-state index contributed by atoms with van der Waals surface area (Å²) in [7, 11) is 0. The van der Waals surface area contributed by atoms with E-state index >= 15 is 0 Å². The van der Waals surface area contributed by atoms with Gasteiger partial charge in [0.1, 0.15) is 12.4 Å². The van der Waals surface area contributed by atoms with Crippen LogP contribution in [0, 0.1) is 0 Å². The molecule has 2 nitrogen and oxygen atoms in total. The van der Waals surface area contributed by atoms with Gasteiger partial charge in [0.05, 0.1) is 13.1 Å². The maximum absolute atomic E-state index is 2.41. The van der Waals surface area contributed by atoms with Crippen molar-refractivity contribution < 1.29 is 4.57 Å². The van der Waals surface area contributed by atoms with Gasteiger partial charge in [-0.3, -0.25) is 0 Å². The summed E-state index contributed by atoms with van der Waals surface area (Å²) < 4.78 is 4.83. The van der Waals surface area contributed by atoms with Crippen molar-refractivity contribution in [3.05, 3.63) is 18.7 Å². The molecule has 1 aromatic heterocycles. The molecule has 0 aliphatic carbocycles. The number of aromatic nitrogens is 2. The molecular weight excluding hydrogens is 496 g/mol. The molecule has 0 atom stereocenters. The van der Waals surface area contributed by atoms with E-state index in [1.165, 1.54) is 219 Å². The van der Waals surface area contributed by atoms with Crippen molar-refractivity contribution in [1.29, 1.82) is 0 Å². The predicted octanol–water partition coefficient (Wildman–Crippen LogP) is 13.3. The molecule has 242 valence electrons. The lowest BCUT2D eigenvalue weighted by atomic mass is 10.0. The van der Waals surface area contributed by atoms with E-state index in [0.29, 0.717) is 0 Å². The van der Waals surface area contributed by atoms with E-state index in [2.05, 4.69) is 41.7 Å². The van der Waals surface area contributed by atoms with Crippen LogP contribution in [0.4, 0.5) is 0 Å². The van der Waals surface area contributed by atoms with Gasteiger partial charge >= 0.3 is 0 Å². The lowest BCUT2D eigenvalue weighted by Gasteiger charge is -2.03. The van der Waals surface area contributed by atoms with Crippen molar-refractivity contribution in [2.24, 2.45) is 0 Å². The third kappa shape index (κ3) is 27.8. The minimum Gasteiger partial charge on any atom is -0.237 e. The van der Waals surface area contributed by atoms with Crippen LogP contribution in [0.15, 0.2) is 18.7 Å².